The van der Waals surface area contributed by atoms with Crippen molar-refractivity contribution in [1.29, 1.82) is 0 Å². The van der Waals surface area contributed by atoms with Gasteiger partial charge in [-0.3, -0.25) is 0 Å². The molecule has 1 aromatic carbocycles. The molecule has 2 aromatic rings. The predicted molar refractivity (Wildman–Crippen MR) is 73.8 cm³/mol. The van der Waals surface area contributed by atoms with Crippen molar-refractivity contribution in [1.82, 2.24) is 4.98 Å². The van der Waals surface area contributed by atoms with Gasteiger partial charge >= 0.3 is 12.1 Å². The number of hydrogen-bond donors (Lipinski definition) is 1. The summed E-state index contributed by atoms with van der Waals surface area (Å²) in [5.74, 6) is -1.21. The van der Waals surface area contributed by atoms with Crippen LogP contribution < -0.4 is 4.90 Å². The number of alkyl halides is 3. The summed E-state index contributed by atoms with van der Waals surface area (Å²) in [5, 5.41) is 9.20. The highest BCUT2D eigenvalue weighted by molar-refractivity contribution is 7.17. The van der Waals surface area contributed by atoms with Crippen LogP contribution >= 0.6 is 11.3 Å². The van der Waals surface area contributed by atoms with Crippen molar-refractivity contribution in [3.05, 3.63) is 35.2 Å². The average Bonchev–Trinajstić information content (AvgIpc) is 2.83. The number of rotatable bonds is 4. The number of carboxylic acid groups (broad SMARTS) is 1. The first-order valence-corrected chi connectivity index (χ1v) is 6.67. The minimum atomic E-state index is -4.38. The highest BCUT2D eigenvalue weighted by Gasteiger charge is 2.31. The molecule has 0 bridgehead atoms. The summed E-state index contributed by atoms with van der Waals surface area (Å²) in [6.07, 6.45) is -4.38. The lowest BCUT2D eigenvalue weighted by Gasteiger charge is -2.17. The molecule has 112 valence electrons. The summed E-state index contributed by atoms with van der Waals surface area (Å²) in [7, 11) is 1.23. The van der Waals surface area contributed by atoms with Gasteiger partial charge in [-0.1, -0.05) is 41.7 Å². The molecule has 2 rings (SSSR count). The number of aromatic carboxylic acids is 1. The molecule has 1 heterocycles. The molecule has 21 heavy (non-hydrogen) atoms. The van der Waals surface area contributed by atoms with Crippen molar-refractivity contribution in [3.8, 4) is 11.3 Å². The molecule has 0 atom stereocenters. The maximum atomic E-state index is 12.4. The van der Waals surface area contributed by atoms with E-state index < -0.39 is 18.7 Å². The average molecular weight is 316 g/mol. The van der Waals surface area contributed by atoms with Gasteiger partial charge in [0.15, 0.2) is 5.13 Å². The number of hydrogen-bond acceptors (Lipinski definition) is 4. The Balaban J connectivity index is 2.41. The third kappa shape index (κ3) is 3.72. The molecule has 0 unspecified atom stereocenters. The third-order valence-electron chi connectivity index (χ3n) is 2.60. The first-order valence-electron chi connectivity index (χ1n) is 5.85. The maximum Gasteiger partial charge on any atom is 0.405 e. The lowest BCUT2D eigenvalue weighted by Crippen LogP contribution is -2.30. The summed E-state index contributed by atoms with van der Waals surface area (Å²) in [6.45, 7) is -1.19. The number of carbonyl (C=O) groups is 1. The Hall–Kier alpha value is -2.09. The van der Waals surface area contributed by atoms with E-state index in [0.717, 1.165) is 16.2 Å². The van der Waals surface area contributed by atoms with Crippen LogP contribution in [0, 0.1) is 0 Å². The van der Waals surface area contributed by atoms with Gasteiger partial charge in [0, 0.05) is 12.6 Å². The van der Waals surface area contributed by atoms with E-state index >= 15 is 0 Å². The van der Waals surface area contributed by atoms with E-state index in [-0.39, 0.29) is 15.7 Å². The number of thiazole rings is 1. The lowest BCUT2D eigenvalue weighted by molar-refractivity contribution is -0.119. The van der Waals surface area contributed by atoms with Crippen LogP contribution in [0.5, 0.6) is 0 Å². The standard InChI is InChI=1S/C13H11F3N2O2S/c1-18(7-13(14,15)16)12-17-9(10(21-12)11(19)20)8-5-3-2-4-6-8/h2-6H,7H2,1H3,(H,19,20). The third-order valence-corrected chi connectivity index (χ3v) is 3.76. The Morgan fingerprint density at radius 1 is 1.33 bits per heavy atom. The van der Waals surface area contributed by atoms with Gasteiger partial charge in [-0.05, 0) is 0 Å². The minimum absolute atomic E-state index is 0.0172. The second kappa shape index (κ2) is 5.72. The van der Waals surface area contributed by atoms with Crippen molar-refractivity contribution in [2.75, 3.05) is 18.5 Å². The highest BCUT2D eigenvalue weighted by atomic mass is 32.1. The van der Waals surface area contributed by atoms with Crippen molar-refractivity contribution in [2.45, 2.75) is 6.18 Å². The summed E-state index contributed by atoms with van der Waals surface area (Å²) in [5.41, 5.74) is 0.731. The van der Waals surface area contributed by atoms with Gasteiger partial charge in [-0.15, -0.1) is 0 Å². The smallest absolute Gasteiger partial charge is 0.405 e. The second-order valence-corrected chi connectivity index (χ2v) is 5.29. The van der Waals surface area contributed by atoms with E-state index in [2.05, 4.69) is 4.98 Å². The van der Waals surface area contributed by atoms with E-state index in [1.54, 1.807) is 30.3 Å². The van der Waals surface area contributed by atoms with E-state index in [9.17, 15) is 23.1 Å². The summed E-state index contributed by atoms with van der Waals surface area (Å²) in [4.78, 5) is 16.1. The Bertz CT molecular complexity index is 641. The SMILES string of the molecule is CN(CC(F)(F)F)c1nc(-c2ccccc2)c(C(=O)O)s1. The lowest BCUT2D eigenvalue weighted by atomic mass is 10.1. The zero-order valence-corrected chi connectivity index (χ0v) is 11.7. The molecule has 4 nitrogen and oxygen atoms in total. The molecular formula is C13H11F3N2O2S. The van der Waals surface area contributed by atoms with Gasteiger partial charge in [0.05, 0.1) is 5.69 Å². The number of aromatic nitrogens is 1. The van der Waals surface area contributed by atoms with Crippen molar-refractivity contribution >= 4 is 22.4 Å². The zero-order chi connectivity index (χ0) is 15.6. The summed E-state index contributed by atoms with van der Waals surface area (Å²) in [6, 6.07) is 8.50. The number of benzene rings is 1. The Morgan fingerprint density at radius 3 is 2.48 bits per heavy atom. The summed E-state index contributed by atoms with van der Waals surface area (Å²) >= 11 is 0.727. The first kappa shape index (κ1) is 15.3. The van der Waals surface area contributed by atoms with Crippen LogP contribution in [-0.2, 0) is 0 Å². The number of halogens is 3. The minimum Gasteiger partial charge on any atom is -0.477 e. The molecule has 0 aliphatic rings. The van der Waals surface area contributed by atoms with E-state index in [1.807, 2.05) is 0 Å². The fourth-order valence-electron chi connectivity index (χ4n) is 1.75. The largest absolute Gasteiger partial charge is 0.477 e. The van der Waals surface area contributed by atoms with Crippen molar-refractivity contribution < 1.29 is 23.1 Å². The first-order chi connectivity index (χ1) is 9.78. The normalized spacial score (nSPS) is 11.4. The predicted octanol–water partition coefficient (Wildman–Crippen LogP) is 3.51. The van der Waals surface area contributed by atoms with Crippen LogP contribution in [0.4, 0.5) is 18.3 Å². The van der Waals surface area contributed by atoms with Crippen molar-refractivity contribution in [3.63, 3.8) is 0 Å². The van der Waals surface area contributed by atoms with Crippen LogP contribution in [0.25, 0.3) is 11.3 Å². The highest BCUT2D eigenvalue weighted by Crippen LogP contribution is 2.33. The fourth-order valence-corrected chi connectivity index (χ4v) is 2.63. The fraction of sp³-hybridized carbons (Fsp3) is 0.231. The second-order valence-electron chi connectivity index (χ2n) is 4.32. The van der Waals surface area contributed by atoms with Crippen molar-refractivity contribution in [2.24, 2.45) is 0 Å². The molecule has 1 N–H and O–H groups in total. The molecule has 8 heteroatoms. The van der Waals surface area contributed by atoms with Crippen LogP contribution in [0.3, 0.4) is 0 Å². The molecule has 0 saturated carbocycles. The molecule has 0 fully saturated rings. The monoisotopic (exact) mass is 316 g/mol. The van der Waals surface area contributed by atoms with Crippen LogP contribution in [0.2, 0.25) is 0 Å². The van der Waals surface area contributed by atoms with E-state index in [0.29, 0.717) is 5.56 Å². The molecule has 0 radical (unpaired) electrons. The van der Waals surface area contributed by atoms with Gasteiger partial charge in [0.2, 0.25) is 0 Å². The Kier molecular flexibility index (Phi) is 4.17. The quantitative estimate of drug-likeness (QED) is 0.938. The van der Waals surface area contributed by atoms with Gasteiger partial charge in [0.1, 0.15) is 11.4 Å². The molecule has 0 amide bonds. The van der Waals surface area contributed by atoms with Gasteiger partial charge in [-0.25, -0.2) is 9.78 Å². The van der Waals surface area contributed by atoms with Crippen LogP contribution in [0.1, 0.15) is 9.67 Å². The molecule has 0 saturated heterocycles. The molecule has 0 aliphatic carbocycles. The van der Waals surface area contributed by atoms with Crippen LogP contribution in [0.15, 0.2) is 30.3 Å². The maximum absolute atomic E-state index is 12.4. The Labute approximate surface area is 122 Å². The zero-order valence-electron chi connectivity index (χ0n) is 10.9. The van der Waals surface area contributed by atoms with Gasteiger partial charge in [-0.2, -0.15) is 13.2 Å². The van der Waals surface area contributed by atoms with Gasteiger partial charge < -0.3 is 10.0 Å². The van der Waals surface area contributed by atoms with Gasteiger partial charge in [0.25, 0.3) is 0 Å². The number of nitrogens with zero attached hydrogens (tertiary/aromatic N) is 2. The van der Waals surface area contributed by atoms with E-state index in [4.69, 9.17) is 0 Å². The van der Waals surface area contributed by atoms with Crippen LogP contribution in [-0.4, -0.2) is 35.8 Å². The topological polar surface area (TPSA) is 53.4 Å². The summed E-state index contributed by atoms with van der Waals surface area (Å²) < 4.78 is 37.2. The number of carboxylic acids is 1. The Morgan fingerprint density at radius 2 is 1.95 bits per heavy atom. The molecule has 0 aliphatic heterocycles. The van der Waals surface area contributed by atoms with E-state index in [1.165, 1.54) is 7.05 Å². The molecule has 1 aromatic heterocycles. The molecule has 0 spiro atoms. The number of anilines is 1. The molecular weight excluding hydrogens is 305 g/mol.